The maximum Gasteiger partial charge on any atom is 0.224 e. The molecule has 1 atom stereocenters. The molecule has 3 fully saturated rings. The van der Waals surface area contributed by atoms with E-state index >= 15 is 0 Å². The Balaban J connectivity index is 1.44. The molecule has 2 aromatic rings. The second-order valence-corrected chi connectivity index (χ2v) is 6.90. The average Bonchev–Trinajstić information content (AvgIpc) is 2.98. The smallest absolute Gasteiger partial charge is 0.224 e. The van der Waals surface area contributed by atoms with Crippen molar-refractivity contribution in [2.75, 3.05) is 19.6 Å². The highest BCUT2D eigenvalue weighted by molar-refractivity contribution is 5.85. The average molecular weight is 312 g/mol. The van der Waals surface area contributed by atoms with E-state index in [0.717, 1.165) is 35.1 Å². The molecule has 1 aromatic heterocycles. The van der Waals surface area contributed by atoms with Crippen LogP contribution in [0.5, 0.6) is 0 Å². The molecule has 2 N–H and O–H groups in total. The molecule has 4 heterocycles. The third-order valence-corrected chi connectivity index (χ3v) is 5.42. The summed E-state index contributed by atoms with van der Waals surface area (Å²) in [6, 6.07) is 6.46. The number of aryl methyl sites for hydroxylation is 1. The minimum absolute atomic E-state index is 0.143. The van der Waals surface area contributed by atoms with Gasteiger partial charge in [-0.25, -0.2) is 0 Å². The lowest BCUT2D eigenvalue weighted by atomic mass is 9.84. The maximum absolute atomic E-state index is 12.4. The second-order valence-electron chi connectivity index (χ2n) is 6.90. The van der Waals surface area contributed by atoms with Crippen molar-refractivity contribution in [1.82, 2.24) is 20.4 Å². The first-order valence-corrected chi connectivity index (χ1v) is 8.70. The van der Waals surface area contributed by atoms with E-state index in [9.17, 15) is 4.79 Å². The van der Waals surface area contributed by atoms with Crippen molar-refractivity contribution in [1.29, 1.82) is 0 Å². The number of rotatable bonds is 4. The zero-order valence-electron chi connectivity index (χ0n) is 13.6. The number of carbonyl (C=O) groups is 1. The largest absolute Gasteiger partial charge is 0.352 e. The van der Waals surface area contributed by atoms with Gasteiger partial charge in [-0.05, 0) is 56.0 Å². The van der Waals surface area contributed by atoms with Gasteiger partial charge in [-0.1, -0.05) is 13.0 Å². The zero-order chi connectivity index (χ0) is 15.8. The number of nitrogens with zero attached hydrogens (tertiary/aromatic N) is 2. The Labute approximate surface area is 136 Å². The molecular formula is C18H24N4O. The summed E-state index contributed by atoms with van der Waals surface area (Å²) in [6.07, 6.45) is 3.83. The van der Waals surface area contributed by atoms with E-state index in [2.05, 4.69) is 33.4 Å². The van der Waals surface area contributed by atoms with Gasteiger partial charge < -0.3 is 10.2 Å². The summed E-state index contributed by atoms with van der Waals surface area (Å²) in [7, 11) is 0. The fourth-order valence-electron chi connectivity index (χ4n) is 4.06. The van der Waals surface area contributed by atoms with Crippen LogP contribution < -0.4 is 5.32 Å². The molecule has 5 rings (SSSR count). The molecule has 0 spiro atoms. The van der Waals surface area contributed by atoms with Crippen molar-refractivity contribution >= 4 is 16.8 Å². The molecule has 0 unspecified atom stereocenters. The van der Waals surface area contributed by atoms with E-state index in [0.29, 0.717) is 18.4 Å². The lowest BCUT2D eigenvalue weighted by molar-refractivity contribution is -0.122. The molecule has 0 saturated carbocycles. The van der Waals surface area contributed by atoms with Gasteiger partial charge in [-0.3, -0.25) is 9.89 Å². The van der Waals surface area contributed by atoms with Crippen LogP contribution in [-0.2, 0) is 17.6 Å². The minimum Gasteiger partial charge on any atom is -0.352 e. The Morgan fingerprint density at radius 1 is 1.39 bits per heavy atom. The van der Waals surface area contributed by atoms with Gasteiger partial charge in [0.25, 0.3) is 0 Å². The fraction of sp³-hybridized carbons (Fsp3) is 0.556. The molecule has 23 heavy (non-hydrogen) atoms. The minimum atomic E-state index is 0.143. The SMILES string of the molecule is CCc1[nH]nc2ccc(CC(=O)N[C@H]3CN4CCC3CC4)cc12. The zero-order valence-corrected chi connectivity index (χ0v) is 13.6. The quantitative estimate of drug-likeness (QED) is 0.906. The number of hydrogen-bond acceptors (Lipinski definition) is 3. The Kier molecular flexibility index (Phi) is 3.81. The lowest BCUT2D eigenvalue weighted by Crippen LogP contribution is -2.57. The van der Waals surface area contributed by atoms with Crippen molar-refractivity contribution in [3.05, 3.63) is 29.5 Å². The molecule has 3 aliphatic rings. The topological polar surface area (TPSA) is 61.0 Å². The Bertz CT molecular complexity index is 715. The molecule has 3 aliphatic heterocycles. The maximum atomic E-state index is 12.4. The van der Waals surface area contributed by atoms with Gasteiger partial charge >= 0.3 is 0 Å². The summed E-state index contributed by atoms with van der Waals surface area (Å²) >= 11 is 0. The van der Waals surface area contributed by atoms with E-state index in [4.69, 9.17) is 0 Å². The van der Waals surface area contributed by atoms with E-state index in [1.807, 2.05) is 12.1 Å². The van der Waals surface area contributed by atoms with Crippen molar-refractivity contribution in [3.8, 4) is 0 Å². The number of aromatic nitrogens is 2. The van der Waals surface area contributed by atoms with Crippen LogP contribution in [0.2, 0.25) is 0 Å². The molecule has 5 heteroatoms. The van der Waals surface area contributed by atoms with Crippen LogP contribution >= 0.6 is 0 Å². The third kappa shape index (κ3) is 2.85. The van der Waals surface area contributed by atoms with Crippen LogP contribution in [0.15, 0.2) is 18.2 Å². The van der Waals surface area contributed by atoms with Crippen molar-refractivity contribution in [2.45, 2.75) is 38.6 Å². The first-order valence-electron chi connectivity index (χ1n) is 8.70. The first-order chi connectivity index (χ1) is 11.2. The van der Waals surface area contributed by atoms with Gasteiger partial charge in [-0.15, -0.1) is 0 Å². The molecule has 5 nitrogen and oxygen atoms in total. The van der Waals surface area contributed by atoms with E-state index in [1.54, 1.807) is 0 Å². The highest BCUT2D eigenvalue weighted by atomic mass is 16.1. The van der Waals surface area contributed by atoms with Crippen LogP contribution in [0, 0.1) is 5.92 Å². The first kappa shape index (κ1) is 14.7. The summed E-state index contributed by atoms with van der Waals surface area (Å²) < 4.78 is 0. The van der Waals surface area contributed by atoms with Gasteiger partial charge in [-0.2, -0.15) is 5.10 Å². The van der Waals surface area contributed by atoms with Crippen LogP contribution in [0.3, 0.4) is 0 Å². The van der Waals surface area contributed by atoms with E-state index in [-0.39, 0.29) is 5.91 Å². The molecular weight excluding hydrogens is 288 g/mol. The van der Waals surface area contributed by atoms with Gasteiger partial charge in [0.15, 0.2) is 0 Å². The number of benzene rings is 1. The van der Waals surface area contributed by atoms with Crippen molar-refractivity contribution in [2.24, 2.45) is 5.92 Å². The molecule has 1 aromatic carbocycles. The van der Waals surface area contributed by atoms with Crippen LogP contribution in [0.25, 0.3) is 10.9 Å². The molecule has 0 radical (unpaired) electrons. The van der Waals surface area contributed by atoms with E-state index < -0.39 is 0 Å². The standard InChI is InChI=1S/C18H24N4O/c1-2-15-14-9-12(3-4-16(14)21-20-15)10-18(23)19-17-11-22-7-5-13(17)6-8-22/h3-4,9,13,17H,2,5-8,10-11H2,1H3,(H,19,23)(H,20,21)/t17-/m0/s1. The monoisotopic (exact) mass is 312 g/mol. The van der Waals surface area contributed by atoms with Crippen molar-refractivity contribution in [3.63, 3.8) is 0 Å². The summed E-state index contributed by atoms with van der Waals surface area (Å²) in [6.45, 7) is 5.54. The Morgan fingerprint density at radius 3 is 2.91 bits per heavy atom. The predicted molar refractivity (Wildman–Crippen MR) is 90.3 cm³/mol. The number of aromatic amines is 1. The third-order valence-electron chi connectivity index (χ3n) is 5.42. The van der Waals surface area contributed by atoms with Crippen LogP contribution in [-0.4, -0.2) is 46.7 Å². The summed E-state index contributed by atoms with van der Waals surface area (Å²) in [5.74, 6) is 0.816. The summed E-state index contributed by atoms with van der Waals surface area (Å²) in [5, 5.41) is 11.8. The van der Waals surface area contributed by atoms with Gasteiger partial charge in [0.1, 0.15) is 0 Å². The molecule has 0 aliphatic carbocycles. The van der Waals surface area contributed by atoms with Gasteiger partial charge in [0, 0.05) is 23.7 Å². The highest BCUT2D eigenvalue weighted by Crippen LogP contribution is 2.27. The second kappa shape index (κ2) is 5.96. The number of nitrogens with one attached hydrogen (secondary N) is 2. The van der Waals surface area contributed by atoms with Crippen LogP contribution in [0.1, 0.15) is 31.0 Å². The highest BCUT2D eigenvalue weighted by Gasteiger charge is 2.34. The Hall–Kier alpha value is -1.88. The number of carbonyl (C=O) groups excluding carboxylic acids is 1. The molecule has 2 bridgehead atoms. The lowest BCUT2D eigenvalue weighted by Gasteiger charge is -2.44. The number of amides is 1. The van der Waals surface area contributed by atoms with Gasteiger partial charge in [0.2, 0.25) is 5.91 Å². The summed E-state index contributed by atoms with van der Waals surface area (Å²) in [5.41, 5.74) is 3.18. The number of H-pyrrole nitrogens is 1. The molecule has 122 valence electrons. The molecule has 3 saturated heterocycles. The van der Waals surface area contributed by atoms with Crippen LogP contribution in [0.4, 0.5) is 0 Å². The number of hydrogen-bond donors (Lipinski definition) is 2. The predicted octanol–water partition coefficient (Wildman–Crippen LogP) is 1.88. The summed E-state index contributed by atoms with van der Waals surface area (Å²) in [4.78, 5) is 14.9. The number of piperidine rings is 3. The van der Waals surface area contributed by atoms with Gasteiger partial charge in [0.05, 0.1) is 11.9 Å². The normalized spacial score (nSPS) is 26.6. The van der Waals surface area contributed by atoms with E-state index in [1.165, 1.54) is 25.9 Å². The molecule has 1 amide bonds. The fourth-order valence-corrected chi connectivity index (χ4v) is 4.06. The number of fused-ring (bicyclic) bond motifs is 4. The van der Waals surface area contributed by atoms with Crippen molar-refractivity contribution < 1.29 is 4.79 Å². The Morgan fingerprint density at radius 2 is 2.22 bits per heavy atom.